The number of aliphatic carboxylic acids is 1. The molecule has 0 fully saturated rings. The smallest absolute Gasteiger partial charge is 0.305 e. The van der Waals surface area contributed by atoms with Gasteiger partial charge in [0.05, 0.1) is 19.6 Å². The third-order valence-corrected chi connectivity index (χ3v) is 1.32. The predicted molar refractivity (Wildman–Crippen MR) is 41.3 cm³/mol. The molecule has 0 saturated carbocycles. The van der Waals surface area contributed by atoms with Crippen LogP contribution in [0.2, 0.25) is 0 Å². The van der Waals surface area contributed by atoms with Gasteiger partial charge in [-0.1, -0.05) is 6.92 Å². The standard InChI is InChI=1S/C7H15NO3/c1-2-6(8)5-11-4-3-7(9)10/h6H,2-5,8H2,1H3,(H,9,10). The van der Waals surface area contributed by atoms with Gasteiger partial charge in [-0.25, -0.2) is 0 Å². The van der Waals surface area contributed by atoms with Crippen molar-refractivity contribution in [2.45, 2.75) is 25.8 Å². The molecule has 0 radical (unpaired) electrons. The quantitative estimate of drug-likeness (QED) is 0.546. The fourth-order valence-corrected chi connectivity index (χ4v) is 0.512. The Hall–Kier alpha value is -0.610. The summed E-state index contributed by atoms with van der Waals surface area (Å²) < 4.78 is 4.99. The van der Waals surface area contributed by atoms with E-state index in [1.165, 1.54) is 0 Å². The van der Waals surface area contributed by atoms with Gasteiger partial charge in [0.15, 0.2) is 0 Å². The highest BCUT2D eigenvalue weighted by molar-refractivity contribution is 5.66. The van der Waals surface area contributed by atoms with Crippen LogP contribution >= 0.6 is 0 Å². The lowest BCUT2D eigenvalue weighted by Gasteiger charge is -2.07. The van der Waals surface area contributed by atoms with Crippen molar-refractivity contribution in [3.8, 4) is 0 Å². The van der Waals surface area contributed by atoms with E-state index in [0.29, 0.717) is 6.61 Å². The van der Waals surface area contributed by atoms with Crippen molar-refractivity contribution in [1.82, 2.24) is 0 Å². The number of rotatable bonds is 6. The Bertz CT molecular complexity index is 116. The van der Waals surface area contributed by atoms with Crippen molar-refractivity contribution in [2.24, 2.45) is 5.73 Å². The monoisotopic (exact) mass is 161 g/mol. The number of carboxylic acid groups (broad SMARTS) is 1. The number of hydrogen-bond donors (Lipinski definition) is 2. The van der Waals surface area contributed by atoms with Gasteiger partial charge in [0.2, 0.25) is 0 Å². The van der Waals surface area contributed by atoms with Crippen LogP contribution in [0.3, 0.4) is 0 Å². The molecule has 0 heterocycles. The topological polar surface area (TPSA) is 72.5 Å². The van der Waals surface area contributed by atoms with Crippen LogP contribution in [-0.4, -0.2) is 30.3 Å². The summed E-state index contributed by atoms with van der Waals surface area (Å²) in [7, 11) is 0. The maximum Gasteiger partial charge on any atom is 0.305 e. The van der Waals surface area contributed by atoms with E-state index in [-0.39, 0.29) is 19.1 Å². The molecule has 11 heavy (non-hydrogen) atoms. The molecule has 0 aliphatic rings. The van der Waals surface area contributed by atoms with Crippen molar-refractivity contribution in [3.63, 3.8) is 0 Å². The summed E-state index contributed by atoms with van der Waals surface area (Å²) in [5, 5.41) is 8.22. The SMILES string of the molecule is CCC(N)COCCC(=O)O. The highest BCUT2D eigenvalue weighted by Crippen LogP contribution is 1.89. The van der Waals surface area contributed by atoms with Crippen LogP contribution in [0.25, 0.3) is 0 Å². The molecular formula is C7H15NO3. The molecule has 1 unspecified atom stereocenters. The van der Waals surface area contributed by atoms with Crippen LogP contribution in [0.1, 0.15) is 19.8 Å². The van der Waals surface area contributed by atoms with Gasteiger partial charge < -0.3 is 15.6 Å². The number of carbonyl (C=O) groups is 1. The molecule has 0 bridgehead atoms. The average molecular weight is 161 g/mol. The van der Waals surface area contributed by atoms with Crippen molar-refractivity contribution in [2.75, 3.05) is 13.2 Å². The maximum absolute atomic E-state index is 10.0. The number of nitrogens with two attached hydrogens (primary N) is 1. The molecule has 0 aromatic carbocycles. The zero-order chi connectivity index (χ0) is 8.69. The zero-order valence-corrected chi connectivity index (χ0v) is 6.75. The van der Waals surface area contributed by atoms with E-state index in [1.807, 2.05) is 6.92 Å². The second kappa shape index (κ2) is 6.12. The van der Waals surface area contributed by atoms with Crippen LogP contribution in [0.15, 0.2) is 0 Å². The van der Waals surface area contributed by atoms with Crippen LogP contribution < -0.4 is 5.73 Å². The molecular weight excluding hydrogens is 146 g/mol. The molecule has 4 nitrogen and oxygen atoms in total. The predicted octanol–water partition coefficient (Wildman–Crippen LogP) is 0.215. The van der Waals surface area contributed by atoms with E-state index in [1.54, 1.807) is 0 Å². The Morgan fingerprint density at radius 1 is 1.73 bits per heavy atom. The van der Waals surface area contributed by atoms with Gasteiger partial charge >= 0.3 is 5.97 Å². The van der Waals surface area contributed by atoms with Gasteiger partial charge in [-0.15, -0.1) is 0 Å². The Labute approximate surface area is 66.3 Å². The van der Waals surface area contributed by atoms with Crippen LogP contribution in [-0.2, 0) is 9.53 Å². The van der Waals surface area contributed by atoms with Crippen molar-refractivity contribution >= 4 is 5.97 Å². The fraction of sp³-hybridized carbons (Fsp3) is 0.857. The number of hydrogen-bond acceptors (Lipinski definition) is 3. The van der Waals surface area contributed by atoms with Crippen LogP contribution in [0.5, 0.6) is 0 Å². The van der Waals surface area contributed by atoms with Gasteiger partial charge in [-0.2, -0.15) is 0 Å². The minimum atomic E-state index is -0.838. The molecule has 0 aromatic heterocycles. The molecule has 0 amide bonds. The molecule has 0 aliphatic heterocycles. The Morgan fingerprint density at radius 2 is 2.36 bits per heavy atom. The summed E-state index contributed by atoms with van der Waals surface area (Å²) in [4.78, 5) is 10.0. The van der Waals surface area contributed by atoms with E-state index in [4.69, 9.17) is 15.6 Å². The maximum atomic E-state index is 10.0. The largest absolute Gasteiger partial charge is 0.481 e. The van der Waals surface area contributed by atoms with Gasteiger partial charge in [-0.05, 0) is 6.42 Å². The second-order valence-corrected chi connectivity index (χ2v) is 2.39. The summed E-state index contributed by atoms with van der Waals surface area (Å²) in [6.07, 6.45) is 0.906. The molecule has 3 N–H and O–H groups in total. The van der Waals surface area contributed by atoms with E-state index in [2.05, 4.69) is 0 Å². The highest BCUT2D eigenvalue weighted by atomic mass is 16.5. The molecule has 4 heteroatoms. The van der Waals surface area contributed by atoms with E-state index in [0.717, 1.165) is 6.42 Å². The molecule has 0 aromatic rings. The fourth-order valence-electron chi connectivity index (χ4n) is 0.512. The Balaban J connectivity index is 3.08. The third-order valence-electron chi connectivity index (χ3n) is 1.32. The summed E-state index contributed by atoms with van der Waals surface area (Å²) in [6.45, 7) is 2.66. The first-order valence-corrected chi connectivity index (χ1v) is 3.72. The normalized spacial score (nSPS) is 12.9. The third kappa shape index (κ3) is 7.29. The highest BCUT2D eigenvalue weighted by Gasteiger charge is 2.00. The molecule has 1 atom stereocenters. The second-order valence-electron chi connectivity index (χ2n) is 2.39. The average Bonchev–Trinajstić information content (AvgIpc) is 1.97. The zero-order valence-electron chi connectivity index (χ0n) is 6.75. The number of carboxylic acids is 1. The van der Waals surface area contributed by atoms with Crippen molar-refractivity contribution in [1.29, 1.82) is 0 Å². The summed E-state index contributed by atoms with van der Waals surface area (Å²) in [5.74, 6) is -0.838. The molecule has 0 saturated heterocycles. The first kappa shape index (κ1) is 10.4. The minimum Gasteiger partial charge on any atom is -0.481 e. The van der Waals surface area contributed by atoms with Gasteiger partial charge in [-0.3, -0.25) is 4.79 Å². The van der Waals surface area contributed by atoms with Crippen molar-refractivity contribution in [3.05, 3.63) is 0 Å². The lowest BCUT2D eigenvalue weighted by Crippen LogP contribution is -2.25. The Kier molecular flexibility index (Phi) is 5.78. The lowest BCUT2D eigenvalue weighted by atomic mass is 10.3. The minimum absolute atomic E-state index is 0.0313. The molecule has 66 valence electrons. The molecule has 0 rings (SSSR count). The van der Waals surface area contributed by atoms with E-state index < -0.39 is 5.97 Å². The van der Waals surface area contributed by atoms with Crippen molar-refractivity contribution < 1.29 is 14.6 Å². The van der Waals surface area contributed by atoms with Crippen LogP contribution in [0, 0.1) is 0 Å². The van der Waals surface area contributed by atoms with E-state index >= 15 is 0 Å². The first-order valence-electron chi connectivity index (χ1n) is 3.72. The molecule has 0 aliphatic carbocycles. The first-order chi connectivity index (χ1) is 5.16. The Morgan fingerprint density at radius 3 is 2.82 bits per heavy atom. The summed E-state index contributed by atoms with van der Waals surface area (Å²) in [6, 6.07) is 0.0313. The summed E-state index contributed by atoms with van der Waals surface area (Å²) in [5.41, 5.74) is 5.52. The van der Waals surface area contributed by atoms with Gasteiger partial charge in [0.1, 0.15) is 0 Å². The van der Waals surface area contributed by atoms with Gasteiger partial charge in [0, 0.05) is 6.04 Å². The van der Waals surface area contributed by atoms with Crippen LogP contribution in [0.4, 0.5) is 0 Å². The molecule has 0 spiro atoms. The lowest BCUT2D eigenvalue weighted by molar-refractivity contribution is -0.138. The number of ether oxygens (including phenoxy) is 1. The van der Waals surface area contributed by atoms with E-state index in [9.17, 15) is 4.79 Å². The summed E-state index contributed by atoms with van der Waals surface area (Å²) >= 11 is 0. The van der Waals surface area contributed by atoms with Gasteiger partial charge in [0.25, 0.3) is 0 Å².